The number of aryl methyl sites for hydroxylation is 1. The Kier molecular flexibility index (Phi) is 2.75. The monoisotopic (exact) mass is 292 g/mol. The number of hydrogen-bond donors (Lipinski definition) is 2. The number of H-pyrrole nitrogens is 1. The number of fused-ring (bicyclic) bond motifs is 1. The molecule has 106 valence electrons. The van der Waals surface area contributed by atoms with Crippen LogP contribution in [0.5, 0.6) is 0 Å². The number of nitrogens with two attached hydrogens (primary N) is 1. The number of sulfonamides is 1. The van der Waals surface area contributed by atoms with Gasteiger partial charge in [0.1, 0.15) is 4.90 Å². The van der Waals surface area contributed by atoms with Crippen molar-refractivity contribution < 1.29 is 8.42 Å². The maximum Gasteiger partial charge on any atom is 0.267 e. The van der Waals surface area contributed by atoms with Gasteiger partial charge in [-0.25, -0.2) is 8.42 Å². The molecular weight excluding hydrogens is 276 g/mol. The number of anilines is 2. The van der Waals surface area contributed by atoms with Crippen molar-refractivity contribution in [2.75, 3.05) is 10.0 Å². The molecule has 0 spiro atoms. The van der Waals surface area contributed by atoms with Crippen LogP contribution in [0.25, 0.3) is 0 Å². The highest BCUT2D eigenvalue weighted by molar-refractivity contribution is 7.93. The van der Waals surface area contributed by atoms with E-state index in [0.29, 0.717) is 23.5 Å². The summed E-state index contributed by atoms with van der Waals surface area (Å²) in [5, 5.41) is 6.47. The number of aromatic nitrogens is 2. The Morgan fingerprint density at radius 3 is 2.85 bits per heavy atom. The van der Waals surface area contributed by atoms with Gasteiger partial charge < -0.3 is 5.73 Å². The zero-order valence-corrected chi connectivity index (χ0v) is 12.1. The van der Waals surface area contributed by atoms with Gasteiger partial charge in [-0.2, -0.15) is 5.10 Å². The minimum absolute atomic E-state index is 0.133. The molecule has 0 saturated carbocycles. The number of nitrogens with one attached hydrogen (secondary N) is 1. The van der Waals surface area contributed by atoms with Crippen molar-refractivity contribution in [3.8, 4) is 0 Å². The molecule has 1 aliphatic rings. The quantitative estimate of drug-likeness (QED) is 0.819. The number of rotatable bonds is 2. The Bertz CT molecular complexity index is 766. The fourth-order valence-electron chi connectivity index (χ4n) is 2.69. The SMILES string of the molecule is Cc1[nH]ncc1S(=O)(=O)N1c2ccc(N)cc2CC1C. The first kappa shape index (κ1) is 13.0. The van der Waals surface area contributed by atoms with Gasteiger partial charge in [0.15, 0.2) is 0 Å². The van der Waals surface area contributed by atoms with Gasteiger partial charge in [-0.3, -0.25) is 9.40 Å². The van der Waals surface area contributed by atoms with Gasteiger partial charge in [-0.15, -0.1) is 0 Å². The molecule has 7 heteroatoms. The molecule has 1 atom stereocenters. The largest absolute Gasteiger partial charge is 0.399 e. The zero-order valence-electron chi connectivity index (χ0n) is 11.3. The van der Waals surface area contributed by atoms with Crippen molar-refractivity contribution >= 4 is 21.4 Å². The Labute approximate surface area is 117 Å². The van der Waals surface area contributed by atoms with E-state index in [2.05, 4.69) is 10.2 Å². The topological polar surface area (TPSA) is 92.1 Å². The summed E-state index contributed by atoms with van der Waals surface area (Å²) in [5.74, 6) is 0. The third kappa shape index (κ3) is 1.77. The van der Waals surface area contributed by atoms with E-state index < -0.39 is 10.0 Å². The number of hydrogen-bond acceptors (Lipinski definition) is 4. The maximum atomic E-state index is 12.8. The Balaban J connectivity index is 2.14. The van der Waals surface area contributed by atoms with Crippen molar-refractivity contribution in [3.63, 3.8) is 0 Å². The van der Waals surface area contributed by atoms with E-state index in [1.54, 1.807) is 19.1 Å². The average molecular weight is 292 g/mol. The third-order valence-corrected chi connectivity index (χ3v) is 5.62. The van der Waals surface area contributed by atoms with E-state index in [9.17, 15) is 8.42 Å². The number of aromatic amines is 1. The first-order valence-corrected chi connectivity index (χ1v) is 7.78. The van der Waals surface area contributed by atoms with E-state index in [1.165, 1.54) is 10.5 Å². The minimum atomic E-state index is -3.60. The Morgan fingerprint density at radius 2 is 2.20 bits per heavy atom. The molecule has 1 unspecified atom stereocenters. The molecular formula is C13H16N4O2S. The lowest BCUT2D eigenvalue weighted by Gasteiger charge is -2.24. The van der Waals surface area contributed by atoms with Crippen molar-refractivity contribution in [1.82, 2.24) is 10.2 Å². The maximum absolute atomic E-state index is 12.8. The summed E-state index contributed by atoms with van der Waals surface area (Å²) < 4.78 is 27.1. The summed E-state index contributed by atoms with van der Waals surface area (Å²) in [6.45, 7) is 3.59. The smallest absolute Gasteiger partial charge is 0.267 e. The number of benzene rings is 1. The van der Waals surface area contributed by atoms with Gasteiger partial charge in [-0.1, -0.05) is 0 Å². The van der Waals surface area contributed by atoms with Gasteiger partial charge in [0.2, 0.25) is 0 Å². The molecule has 0 aliphatic carbocycles. The molecule has 3 rings (SSSR count). The van der Waals surface area contributed by atoms with E-state index in [1.807, 2.05) is 13.0 Å². The molecule has 6 nitrogen and oxygen atoms in total. The van der Waals surface area contributed by atoms with Gasteiger partial charge in [0, 0.05) is 11.7 Å². The van der Waals surface area contributed by atoms with Crippen LogP contribution in [0.4, 0.5) is 11.4 Å². The average Bonchev–Trinajstić information content (AvgIpc) is 2.91. The minimum Gasteiger partial charge on any atom is -0.399 e. The van der Waals surface area contributed by atoms with Gasteiger partial charge in [0.25, 0.3) is 10.0 Å². The molecule has 20 heavy (non-hydrogen) atoms. The van der Waals surface area contributed by atoms with Gasteiger partial charge in [0.05, 0.1) is 17.6 Å². The molecule has 0 saturated heterocycles. The van der Waals surface area contributed by atoms with E-state index >= 15 is 0 Å². The van der Waals surface area contributed by atoms with Gasteiger partial charge >= 0.3 is 0 Å². The van der Waals surface area contributed by atoms with Crippen molar-refractivity contribution in [1.29, 1.82) is 0 Å². The molecule has 2 heterocycles. The van der Waals surface area contributed by atoms with E-state index in [0.717, 1.165) is 5.56 Å². The summed E-state index contributed by atoms with van der Waals surface area (Å²) in [5.41, 5.74) is 8.62. The summed E-state index contributed by atoms with van der Waals surface area (Å²) in [6, 6.07) is 5.19. The fourth-order valence-corrected chi connectivity index (χ4v) is 4.51. The zero-order chi connectivity index (χ0) is 14.5. The van der Waals surface area contributed by atoms with Crippen LogP contribution in [0.3, 0.4) is 0 Å². The standard InChI is InChI=1S/C13H16N4O2S/c1-8-5-10-6-11(14)3-4-12(10)17(8)20(18,19)13-7-15-16-9(13)2/h3-4,6-8H,5,14H2,1-2H3,(H,15,16). The molecule has 2 aromatic rings. The number of nitrogen functional groups attached to an aromatic ring is 1. The lowest BCUT2D eigenvalue weighted by molar-refractivity contribution is 0.583. The van der Waals surface area contributed by atoms with Crippen molar-refractivity contribution in [3.05, 3.63) is 35.7 Å². The van der Waals surface area contributed by atoms with Crippen molar-refractivity contribution in [2.24, 2.45) is 0 Å². The molecule has 3 N–H and O–H groups in total. The normalized spacial score (nSPS) is 18.3. The summed E-state index contributed by atoms with van der Waals surface area (Å²) in [4.78, 5) is 0.217. The fraction of sp³-hybridized carbons (Fsp3) is 0.308. The predicted octanol–water partition coefficient (Wildman–Crippen LogP) is 1.44. The van der Waals surface area contributed by atoms with Crippen LogP contribution in [0.15, 0.2) is 29.3 Å². The van der Waals surface area contributed by atoms with Crippen LogP contribution >= 0.6 is 0 Å². The second-order valence-corrected chi connectivity index (χ2v) is 6.88. The summed E-state index contributed by atoms with van der Waals surface area (Å²) in [6.07, 6.45) is 2.02. The first-order chi connectivity index (χ1) is 9.41. The summed E-state index contributed by atoms with van der Waals surface area (Å²) >= 11 is 0. The van der Waals surface area contributed by atoms with Crippen LogP contribution < -0.4 is 10.0 Å². The van der Waals surface area contributed by atoms with Crippen LogP contribution in [-0.2, 0) is 16.4 Å². The molecule has 1 aromatic heterocycles. The van der Waals surface area contributed by atoms with Crippen LogP contribution in [0, 0.1) is 6.92 Å². The highest BCUT2D eigenvalue weighted by atomic mass is 32.2. The van der Waals surface area contributed by atoms with E-state index in [4.69, 9.17) is 5.73 Å². The van der Waals surface area contributed by atoms with Gasteiger partial charge in [-0.05, 0) is 44.0 Å². The Hall–Kier alpha value is -2.02. The molecule has 0 amide bonds. The van der Waals surface area contributed by atoms with Crippen LogP contribution in [0.1, 0.15) is 18.2 Å². The second-order valence-electron chi connectivity index (χ2n) is 5.10. The highest BCUT2D eigenvalue weighted by Gasteiger charge is 2.37. The predicted molar refractivity (Wildman–Crippen MR) is 77.0 cm³/mol. The molecule has 0 radical (unpaired) electrons. The van der Waals surface area contributed by atoms with Crippen molar-refractivity contribution in [2.45, 2.75) is 31.2 Å². The second kappa shape index (κ2) is 4.24. The van der Waals surface area contributed by atoms with E-state index in [-0.39, 0.29) is 10.9 Å². The molecule has 0 fully saturated rings. The molecule has 1 aromatic carbocycles. The summed E-state index contributed by atoms with van der Waals surface area (Å²) in [7, 11) is -3.60. The van der Waals surface area contributed by atoms with Crippen LogP contribution in [-0.4, -0.2) is 24.7 Å². The lowest BCUT2D eigenvalue weighted by Crippen LogP contribution is -2.35. The number of nitrogens with zero attached hydrogens (tertiary/aromatic N) is 2. The molecule has 1 aliphatic heterocycles. The lowest BCUT2D eigenvalue weighted by atomic mass is 10.1. The highest BCUT2D eigenvalue weighted by Crippen LogP contribution is 2.37. The Morgan fingerprint density at radius 1 is 1.45 bits per heavy atom. The third-order valence-electron chi connectivity index (χ3n) is 3.58. The first-order valence-electron chi connectivity index (χ1n) is 6.34. The van der Waals surface area contributed by atoms with Crippen LogP contribution in [0.2, 0.25) is 0 Å². The molecule has 0 bridgehead atoms.